The van der Waals surface area contributed by atoms with Crippen molar-refractivity contribution >= 4 is 10.0 Å². The maximum absolute atomic E-state index is 13.6. The Morgan fingerprint density at radius 2 is 2.07 bits per heavy atom. The van der Waals surface area contributed by atoms with Gasteiger partial charge in [-0.3, -0.25) is 9.88 Å². The fourth-order valence-electron chi connectivity index (χ4n) is 3.96. The van der Waals surface area contributed by atoms with Crippen molar-refractivity contribution < 1.29 is 17.5 Å². The van der Waals surface area contributed by atoms with Crippen LogP contribution >= 0.6 is 0 Å². The molecule has 2 aliphatic rings. The lowest BCUT2D eigenvalue weighted by Crippen LogP contribution is -2.45. The Labute approximate surface area is 165 Å². The van der Waals surface area contributed by atoms with E-state index in [4.69, 9.17) is 4.74 Å². The zero-order chi connectivity index (χ0) is 19.7. The molecule has 0 N–H and O–H groups in total. The normalized spacial score (nSPS) is 25.4. The lowest BCUT2D eigenvalue weighted by molar-refractivity contribution is 0.0457. The van der Waals surface area contributed by atoms with Crippen LogP contribution in [0.15, 0.2) is 42.6 Å². The van der Waals surface area contributed by atoms with Crippen molar-refractivity contribution in [3.63, 3.8) is 0 Å². The number of halogens is 1. The predicted molar refractivity (Wildman–Crippen MR) is 104 cm³/mol. The van der Waals surface area contributed by atoms with Crippen molar-refractivity contribution in [3.05, 3.63) is 65.2 Å². The standard InChI is InChI=1S/C20H24FN3O3S/c1-15-4-3-7-22-18(15)12-23-13-19-20(14-23)27-8-9-28(25,26)24(19)11-16-5-2-6-17(21)10-16/h2-7,10,19-20H,8-9,11-14H2,1H3/t19-,20+/m1/s1. The third-order valence-corrected chi connectivity index (χ3v) is 7.23. The van der Waals surface area contributed by atoms with Gasteiger partial charge in [-0.05, 0) is 36.2 Å². The number of pyridine rings is 1. The molecule has 0 radical (unpaired) electrons. The molecule has 28 heavy (non-hydrogen) atoms. The molecule has 2 aliphatic heterocycles. The highest BCUT2D eigenvalue weighted by Crippen LogP contribution is 2.28. The van der Waals surface area contributed by atoms with Crippen LogP contribution in [0.2, 0.25) is 0 Å². The van der Waals surface area contributed by atoms with Crippen LogP contribution in [-0.2, 0) is 27.8 Å². The molecule has 0 amide bonds. The van der Waals surface area contributed by atoms with Gasteiger partial charge in [0.2, 0.25) is 10.0 Å². The third-order valence-electron chi connectivity index (χ3n) is 5.43. The summed E-state index contributed by atoms with van der Waals surface area (Å²) < 4.78 is 46.7. The van der Waals surface area contributed by atoms with Crippen LogP contribution in [-0.4, -0.2) is 60.2 Å². The minimum atomic E-state index is -3.49. The molecule has 1 aromatic heterocycles. The van der Waals surface area contributed by atoms with Crippen LogP contribution in [0, 0.1) is 12.7 Å². The van der Waals surface area contributed by atoms with Crippen molar-refractivity contribution in [2.24, 2.45) is 0 Å². The molecule has 2 atom stereocenters. The van der Waals surface area contributed by atoms with E-state index in [1.54, 1.807) is 18.3 Å². The molecule has 0 saturated carbocycles. The number of nitrogens with zero attached hydrogens (tertiary/aromatic N) is 3. The van der Waals surface area contributed by atoms with Crippen LogP contribution in [0.1, 0.15) is 16.8 Å². The fourth-order valence-corrected chi connectivity index (χ4v) is 5.46. The summed E-state index contributed by atoms with van der Waals surface area (Å²) in [5, 5.41) is 0. The first-order valence-corrected chi connectivity index (χ1v) is 11.0. The highest BCUT2D eigenvalue weighted by Gasteiger charge is 2.44. The molecule has 4 rings (SSSR count). The molecule has 3 heterocycles. The van der Waals surface area contributed by atoms with Gasteiger partial charge in [-0.25, -0.2) is 12.8 Å². The summed E-state index contributed by atoms with van der Waals surface area (Å²) in [6.45, 7) is 4.22. The number of benzene rings is 1. The van der Waals surface area contributed by atoms with Crippen molar-refractivity contribution in [1.82, 2.24) is 14.2 Å². The van der Waals surface area contributed by atoms with Gasteiger partial charge in [0, 0.05) is 32.4 Å². The Hall–Kier alpha value is -1.87. The molecule has 0 aliphatic carbocycles. The van der Waals surface area contributed by atoms with Crippen LogP contribution in [0.25, 0.3) is 0 Å². The topological polar surface area (TPSA) is 62.7 Å². The number of aromatic nitrogens is 1. The zero-order valence-electron chi connectivity index (χ0n) is 15.8. The van der Waals surface area contributed by atoms with Gasteiger partial charge in [0.15, 0.2) is 0 Å². The van der Waals surface area contributed by atoms with Crippen LogP contribution in [0.3, 0.4) is 0 Å². The van der Waals surface area contributed by atoms with E-state index in [1.807, 2.05) is 19.1 Å². The molecule has 150 valence electrons. The largest absolute Gasteiger partial charge is 0.374 e. The summed E-state index contributed by atoms with van der Waals surface area (Å²) in [4.78, 5) is 6.63. The summed E-state index contributed by atoms with van der Waals surface area (Å²) in [5.74, 6) is -0.412. The van der Waals surface area contributed by atoms with E-state index < -0.39 is 10.0 Å². The molecular weight excluding hydrogens is 381 g/mol. The molecule has 2 saturated heterocycles. The molecule has 6 nitrogen and oxygen atoms in total. The molecule has 2 aromatic rings. The van der Waals surface area contributed by atoms with Crippen molar-refractivity contribution in [2.75, 3.05) is 25.4 Å². The lowest BCUT2D eigenvalue weighted by Gasteiger charge is -2.28. The van der Waals surface area contributed by atoms with E-state index in [9.17, 15) is 12.8 Å². The van der Waals surface area contributed by atoms with Crippen molar-refractivity contribution in [3.8, 4) is 0 Å². The number of ether oxygens (including phenoxy) is 1. The molecule has 0 bridgehead atoms. The van der Waals surface area contributed by atoms with Gasteiger partial charge in [-0.1, -0.05) is 18.2 Å². The average molecular weight is 405 g/mol. The van der Waals surface area contributed by atoms with Gasteiger partial charge in [-0.15, -0.1) is 0 Å². The smallest absolute Gasteiger partial charge is 0.217 e. The van der Waals surface area contributed by atoms with Gasteiger partial charge in [0.25, 0.3) is 0 Å². The highest BCUT2D eigenvalue weighted by molar-refractivity contribution is 7.89. The number of rotatable bonds is 4. The first-order valence-electron chi connectivity index (χ1n) is 9.41. The Bertz CT molecular complexity index is 953. The summed E-state index contributed by atoms with van der Waals surface area (Å²) >= 11 is 0. The van der Waals surface area contributed by atoms with Crippen LogP contribution in [0.5, 0.6) is 0 Å². The zero-order valence-corrected chi connectivity index (χ0v) is 16.6. The monoisotopic (exact) mass is 405 g/mol. The molecule has 0 unspecified atom stereocenters. The number of sulfonamides is 1. The molecule has 1 aromatic carbocycles. The molecule has 8 heteroatoms. The van der Waals surface area contributed by atoms with E-state index in [1.165, 1.54) is 16.4 Å². The maximum atomic E-state index is 13.6. The quantitative estimate of drug-likeness (QED) is 0.778. The Morgan fingerprint density at radius 3 is 2.86 bits per heavy atom. The maximum Gasteiger partial charge on any atom is 0.217 e. The summed E-state index contributed by atoms with van der Waals surface area (Å²) in [7, 11) is -3.49. The van der Waals surface area contributed by atoms with Crippen LogP contribution in [0.4, 0.5) is 4.39 Å². The second-order valence-electron chi connectivity index (χ2n) is 7.43. The minimum absolute atomic E-state index is 0.0470. The number of aryl methyl sites for hydroxylation is 1. The number of likely N-dealkylation sites (tertiary alicyclic amines) is 1. The minimum Gasteiger partial charge on any atom is -0.374 e. The summed E-state index contributed by atoms with van der Waals surface area (Å²) in [5.41, 5.74) is 2.74. The van der Waals surface area contributed by atoms with Gasteiger partial charge >= 0.3 is 0 Å². The first kappa shape index (κ1) is 19.4. The SMILES string of the molecule is Cc1cccnc1CN1C[C@@H]2OCCS(=O)(=O)N(Cc3cccc(F)c3)[C@@H]2C1. The van der Waals surface area contributed by atoms with Crippen LogP contribution < -0.4 is 0 Å². The summed E-state index contributed by atoms with van der Waals surface area (Å²) in [6.07, 6.45) is 1.57. The molecule has 0 spiro atoms. The second kappa shape index (κ2) is 7.87. The molecular formula is C20H24FN3O3S. The highest BCUT2D eigenvalue weighted by atomic mass is 32.2. The van der Waals surface area contributed by atoms with E-state index >= 15 is 0 Å². The number of fused-ring (bicyclic) bond motifs is 1. The number of hydrogen-bond acceptors (Lipinski definition) is 5. The van der Waals surface area contributed by atoms with Crippen molar-refractivity contribution in [2.45, 2.75) is 32.2 Å². The molecule has 2 fully saturated rings. The van der Waals surface area contributed by atoms with E-state index in [2.05, 4.69) is 9.88 Å². The Kier molecular flexibility index (Phi) is 5.46. The lowest BCUT2D eigenvalue weighted by atomic mass is 10.1. The van der Waals surface area contributed by atoms with E-state index in [-0.39, 0.29) is 36.9 Å². The third kappa shape index (κ3) is 4.10. The number of hydrogen-bond donors (Lipinski definition) is 0. The fraction of sp³-hybridized carbons (Fsp3) is 0.450. The summed E-state index contributed by atoms with van der Waals surface area (Å²) in [6, 6.07) is 9.74. The Morgan fingerprint density at radius 1 is 1.21 bits per heavy atom. The van der Waals surface area contributed by atoms with Crippen molar-refractivity contribution in [1.29, 1.82) is 0 Å². The van der Waals surface area contributed by atoms with Gasteiger partial charge in [0.1, 0.15) is 5.82 Å². The average Bonchev–Trinajstić information content (AvgIpc) is 2.99. The van der Waals surface area contributed by atoms with E-state index in [0.29, 0.717) is 25.2 Å². The van der Waals surface area contributed by atoms with Gasteiger partial charge < -0.3 is 4.74 Å². The second-order valence-corrected chi connectivity index (χ2v) is 9.47. The van der Waals surface area contributed by atoms with Gasteiger partial charge in [-0.2, -0.15) is 4.31 Å². The Balaban J connectivity index is 1.57. The van der Waals surface area contributed by atoms with E-state index in [0.717, 1.165) is 11.3 Å². The van der Waals surface area contributed by atoms with Gasteiger partial charge in [0.05, 0.1) is 30.2 Å². The predicted octanol–water partition coefficient (Wildman–Crippen LogP) is 1.94. The first-order chi connectivity index (χ1) is 13.4.